The summed E-state index contributed by atoms with van der Waals surface area (Å²) < 4.78 is 4.83. The molecule has 0 N–H and O–H groups in total. The predicted octanol–water partition coefficient (Wildman–Crippen LogP) is 30.2. The van der Waals surface area contributed by atoms with Crippen LogP contribution in [0.5, 0.6) is 0 Å². The van der Waals surface area contributed by atoms with Crippen molar-refractivity contribution in [1.29, 1.82) is 0 Å². The molecule has 0 saturated heterocycles. The summed E-state index contributed by atoms with van der Waals surface area (Å²) in [5.41, 5.74) is 30.3. The Bertz CT molecular complexity index is 7140. The third-order valence-electron chi connectivity index (χ3n) is 23.2. The van der Waals surface area contributed by atoms with E-state index in [2.05, 4.69) is 447 Å². The Labute approximate surface area is 711 Å². The van der Waals surface area contributed by atoms with Crippen LogP contribution in [-0.4, -0.2) is 34.5 Å². The summed E-state index contributed by atoms with van der Waals surface area (Å²) >= 11 is 1.85. The Kier molecular flexibility index (Phi) is 18.7. The summed E-state index contributed by atoms with van der Waals surface area (Å²) in [5.74, 6) is 3.41. The van der Waals surface area contributed by atoms with Gasteiger partial charge in [-0.05, 0) is 203 Å². The van der Waals surface area contributed by atoms with Crippen LogP contribution in [0.1, 0.15) is 0 Å². The van der Waals surface area contributed by atoms with E-state index >= 15 is 0 Å². The molecule has 22 aromatic rings. The van der Waals surface area contributed by atoms with Crippen LogP contribution in [0, 0.1) is 0 Å². The molecule has 0 aliphatic heterocycles. The Morgan fingerprint density at radius 3 is 0.738 bits per heavy atom. The second-order valence-electron chi connectivity index (χ2n) is 30.9. The van der Waals surface area contributed by atoms with E-state index < -0.39 is 0 Å². The number of aromatic nitrogens is 7. The minimum absolute atomic E-state index is 0.562. The van der Waals surface area contributed by atoms with E-state index in [1.807, 2.05) is 11.3 Å². The van der Waals surface area contributed by atoms with Gasteiger partial charge in [0.1, 0.15) is 0 Å². The van der Waals surface area contributed by atoms with Gasteiger partial charge in [-0.1, -0.05) is 346 Å². The summed E-state index contributed by atoms with van der Waals surface area (Å²) in [7, 11) is 0. The van der Waals surface area contributed by atoms with Gasteiger partial charge in [-0.15, -0.1) is 11.3 Å². The first-order valence-electron chi connectivity index (χ1n) is 41.2. The lowest BCUT2D eigenvalue weighted by atomic mass is 9.95. The molecule has 0 unspecified atom stereocenters. The van der Waals surface area contributed by atoms with Crippen LogP contribution in [0.4, 0.5) is 0 Å². The van der Waals surface area contributed by atoms with E-state index in [4.69, 9.17) is 29.9 Å². The van der Waals surface area contributed by atoms with Crippen molar-refractivity contribution < 1.29 is 0 Å². The van der Waals surface area contributed by atoms with Crippen LogP contribution in [-0.2, 0) is 0 Å². The highest BCUT2D eigenvalue weighted by atomic mass is 32.1. The Hall–Kier alpha value is -16.0. The number of rotatable bonds is 17. The maximum atomic E-state index is 5.53. The standard InChI is InChI=1S/C114H73N7S/c1-10-31-74(32-11-1)86-61-87(75-33-12-2-13-34-75)66-94(65-86)111-115-109(116-112(119-111)95-67-88(76-35-14-3-15-36-76)62-89(68-95)77-37-16-4-17-38-77)84-57-53-82(54-58-84)99-50-30-51-101-105-106-103(100-49-28-29-52-104(100)121(106)98-47-26-9-27-48-98)73-102(108(105)122-107(99)101)83-55-59-85(60-56-83)110-117-113(96-69-90(78-39-18-5-19-40-78)63-91(70-96)79-41-20-6-21-42-79)120-114(118-110)97-71-92(80-43-22-7-23-44-80)64-93(72-97)81-45-24-8-25-46-81/h1-73H. The maximum absolute atomic E-state index is 5.53. The fourth-order valence-corrected chi connectivity index (χ4v) is 18.6. The topological polar surface area (TPSA) is 82.3 Å². The highest BCUT2D eigenvalue weighted by Crippen LogP contribution is 2.51. The van der Waals surface area contributed by atoms with Crippen LogP contribution < -0.4 is 0 Å². The monoisotopic (exact) mass is 1570 g/mol. The van der Waals surface area contributed by atoms with Gasteiger partial charge >= 0.3 is 0 Å². The number of thiophene rings is 1. The molecule has 4 aromatic heterocycles. The first-order chi connectivity index (χ1) is 60.4. The van der Waals surface area contributed by atoms with Crippen molar-refractivity contribution in [2.24, 2.45) is 0 Å². The normalized spacial score (nSPS) is 11.4. The van der Waals surface area contributed by atoms with Gasteiger partial charge in [-0.25, -0.2) is 29.9 Å². The van der Waals surface area contributed by atoms with Crippen LogP contribution in [0.15, 0.2) is 443 Å². The van der Waals surface area contributed by atoms with Crippen molar-refractivity contribution in [3.63, 3.8) is 0 Å². The minimum Gasteiger partial charge on any atom is -0.309 e. The number of benzene rings is 18. The fraction of sp³-hybridized carbons (Fsp3) is 0. The van der Waals surface area contributed by atoms with Gasteiger partial charge in [0, 0.05) is 75.6 Å². The fourth-order valence-electron chi connectivity index (χ4n) is 17.2. The molecule has 0 atom stereocenters. The molecule has 7 nitrogen and oxygen atoms in total. The number of hydrogen-bond acceptors (Lipinski definition) is 7. The van der Waals surface area contributed by atoms with Gasteiger partial charge in [0.15, 0.2) is 34.9 Å². The highest BCUT2D eigenvalue weighted by Gasteiger charge is 2.26. The van der Waals surface area contributed by atoms with Crippen molar-refractivity contribution in [2.75, 3.05) is 0 Å². The summed E-state index contributed by atoms with van der Waals surface area (Å²) in [6.45, 7) is 0. The molecule has 22 rings (SSSR count). The Morgan fingerprint density at radius 2 is 0.418 bits per heavy atom. The van der Waals surface area contributed by atoms with Crippen LogP contribution in [0.25, 0.3) is 227 Å². The minimum atomic E-state index is 0.562. The lowest BCUT2D eigenvalue weighted by Crippen LogP contribution is -2.01. The molecule has 122 heavy (non-hydrogen) atoms. The summed E-state index contributed by atoms with van der Waals surface area (Å²) in [5, 5.41) is 4.70. The zero-order chi connectivity index (χ0) is 80.8. The average Bonchev–Trinajstić information content (AvgIpc) is 1.54. The summed E-state index contributed by atoms with van der Waals surface area (Å²) in [4.78, 5) is 33.1. The van der Waals surface area contributed by atoms with Gasteiger partial charge in [0.25, 0.3) is 0 Å². The third-order valence-corrected chi connectivity index (χ3v) is 24.5. The molecular formula is C114H73N7S. The molecular weight excluding hydrogens is 1500 g/mol. The molecule has 0 spiro atoms. The van der Waals surface area contributed by atoms with Crippen molar-refractivity contribution >= 4 is 53.3 Å². The molecule has 18 aromatic carbocycles. The van der Waals surface area contributed by atoms with Gasteiger partial charge in [-0.2, -0.15) is 0 Å². The largest absolute Gasteiger partial charge is 0.309 e. The zero-order valence-electron chi connectivity index (χ0n) is 66.2. The number of para-hydroxylation sites is 2. The predicted molar refractivity (Wildman–Crippen MR) is 507 cm³/mol. The SMILES string of the molecule is c1ccc(-c2cc(-c3ccccc3)cc(-c3nc(-c4ccc(-c5cccc6c5sc5c(-c7ccc(-c8nc(-c9cc(-c%10ccccc%10)cc(-c%10ccccc%10)c9)nc(-c9cc(-c%10ccccc%10)cc(-c%10ccccc%10)c9)n8)cc7)cc7c8ccccc8n(-c8ccccc8)c7c56)cc4)nc(-c4cc(-c5ccccc5)cc(-c5ccccc5)c4)n3)c2)cc1. The van der Waals surface area contributed by atoms with Gasteiger partial charge in [0.05, 0.1) is 11.0 Å². The summed E-state index contributed by atoms with van der Waals surface area (Å²) in [6, 6.07) is 158. The Morgan fingerprint density at radius 1 is 0.164 bits per heavy atom. The number of hydrogen-bond donors (Lipinski definition) is 0. The van der Waals surface area contributed by atoms with Gasteiger partial charge < -0.3 is 4.57 Å². The molecule has 4 heterocycles. The smallest absolute Gasteiger partial charge is 0.164 e. The second kappa shape index (κ2) is 31.5. The van der Waals surface area contributed by atoms with Crippen molar-refractivity contribution in [1.82, 2.24) is 34.5 Å². The van der Waals surface area contributed by atoms with E-state index in [0.29, 0.717) is 34.9 Å². The molecule has 0 radical (unpaired) electrons. The lowest BCUT2D eigenvalue weighted by molar-refractivity contribution is 1.07. The van der Waals surface area contributed by atoms with E-state index in [-0.39, 0.29) is 0 Å². The molecule has 0 aliphatic rings. The number of fused-ring (bicyclic) bond motifs is 7. The average molecular weight is 1570 g/mol. The van der Waals surface area contributed by atoms with Crippen LogP contribution >= 0.6 is 11.3 Å². The lowest BCUT2D eigenvalue weighted by Gasteiger charge is -2.14. The van der Waals surface area contributed by atoms with Crippen molar-refractivity contribution in [3.8, 4) is 185 Å². The molecule has 8 heteroatoms. The van der Waals surface area contributed by atoms with E-state index in [9.17, 15) is 0 Å². The van der Waals surface area contributed by atoms with Crippen molar-refractivity contribution in [2.45, 2.75) is 0 Å². The molecule has 0 amide bonds. The molecule has 0 aliphatic carbocycles. The van der Waals surface area contributed by atoms with Gasteiger partial charge in [0.2, 0.25) is 0 Å². The Balaban J connectivity index is 0.706. The van der Waals surface area contributed by atoms with Crippen LogP contribution in [0.3, 0.4) is 0 Å². The summed E-state index contributed by atoms with van der Waals surface area (Å²) in [6.07, 6.45) is 0. The first-order valence-corrected chi connectivity index (χ1v) is 42.0. The van der Waals surface area contributed by atoms with E-state index in [1.165, 1.54) is 30.9 Å². The van der Waals surface area contributed by atoms with E-state index in [1.54, 1.807) is 0 Å². The quantitative estimate of drug-likeness (QED) is 0.0903. The highest BCUT2D eigenvalue weighted by molar-refractivity contribution is 7.27. The number of nitrogens with zero attached hydrogens (tertiary/aromatic N) is 7. The molecule has 0 bridgehead atoms. The third kappa shape index (κ3) is 14.0. The molecule has 0 saturated carbocycles. The molecule has 0 fully saturated rings. The first kappa shape index (κ1) is 72.5. The zero-order valence-corrected chi connectivity index (χ0v) is 67.0. The van der Waals surface area contributed by atoms with Crippen LogP contribution in [0.2, 0.25) is 0 Å². The van der Waals surface area contributed by atoms with Gasteiger partial charge in [-0.3, -0.25) is 0 Å². The van der Waals surface area contributed by atoms with E-state index in [0.717, 1.165) is 161 Å². The second-order valence-corrected chi connectivity index (χ2v) is 31.9. The maximum Gasteiger partial charge on any atom is 0.164 e. The molecule has 570 valence electrons. The van der Waals surface area contributed by atoms with Crippen molar-refractivity contribution in [3.05, 3.63) is 443 Å².